The number of aromatic hydroxyl groups is 1. The number of aliphatic carboxylic acids is 1. The second-order valence-corrected chi connectivity index (χ2v) is 2.63. The number of carboxylic acids is 1. The number of hydrogen-bond acceptors (Lipinski definition) is 4. The van der Waals surface area contributed by atoms with Crippen LogP contribution >= 0.6 is 0 Å². The van der Waals surface area contributed by atoms with Gasteiger partial charge in [-0.15, -0.1) is 0 Å². The van der Waals surface area contributed by atoms with Gasteiger partial charge in [0.25, 0.3) is 0 Å². The molecule has 0 heterocycles. The number of carbonyl (C=O) groups excluding carboxylic acids is 1. The Morgan fingerprint density at radius 3 is 2.73 bits per heavy atom. The summed E-state index contributed by atoms with van der Waals surface area (Å²) in [6.07, 6.45) is -0.886. The topological polar surface area (TPSA) is 95.9 Å². The Morgan fingerprint density at radius 1 is 1.40 bits per heavy atom. The molecule has 0 aliphatic heterocycles. The lowest BCUT2D eigenvalue weighted by Crippen LogP contribution is -2.31. The Labute approximate surface area is 85.1 Å². The molecule has 6 heteroatoms. The van der Waals surface area contributed by atoms with Crippen molar-refractivity contribution < 1.29 is 24.5 Å². The summed E-state index contributed by atoms with van der Waals surface area (Å²) in [5.41, 5.74) is 0. The molecular weight excluding hydrogens is 202 g/mol. The fourth-order valence-corrected chi connectivity index (χ4v) is 0.838. The summed E-state index contributed by atoms with van der Waals surface area (Å²) in [5.74, 6) is -1.07. The smallest absolute Gasteiger partial charge is 0.413 e. The van der Waals surface area contributed by atoms with Gasteiger partial charge in [-0.3, -0.25) is 4.79 Å². The van der Waals surface area contributed by atoms with E-state index in [0.29, 0.717) is 0 Å². The number of carboxylic acid groups (broad SMARTS) is 1. The maximum Gasteiger partial charge on any atom is 0.413 e. The second-order valence-electron chi connectivity index (χ2n) is 2.63. The lowest BCUT2D eigenvalue weighted by molar-refractivity contribution is -0.135. The summed E-state index contributed by atoms with van der Waals surface area (Å²) < 4.78 is 4.67. The zero-order valence-corrected chi connectivity index (χ0v) is 7.64. The number of rotatable bonds is 3. The van der Waals surface area contributed by atoms with Gasteiger partial charge in [0.05, 0.1) is 0 Å². The predicted molar refractivity (Wildman–Crippen MR) is 49.8 cm³/mol. The van der Waals surface area contributed by atoms with E-state index in [-0.39, 0.29) is 11.5 Å². The van der Waals surface area contributed by atoms with Crippen molar-refractivity contribution in [3.8, 4) is 11.5 Å². The Balaban J connectivity index is 2.48. The minimum Gasteiger partial charge on any atom is -0.508 e. The van der Waals surface area contributed by atoms with Gasteiger partial charge in [0.1, 0.15) is 18.0 Å². The first-order chi connectivity index (χ1) is 7.08. The average molecular weight is 211 g/mol. The molecule has 0 aliphatic carbocycles. The zero-order valence-electron chi connectivity index (χ0n) is 7.64. The number of phenolic OH excluding ortho intramolecular Hbond substituents is 1. The summed E-state index contributed by atoms with van der Waals surface area (Å²) in [4.78, 5) is 21.0. The van der Waals surface area contributed by atoms with Crippen molar-refractivity contribution in [2.75, 3.05) is 6.54 Å². The maximum atomic E-state index is 10.9. The fourth-order valence-electron chi connectivity index (χ4n) is 0.838. The van der Waals surface area contributed by atoms with Crippen molar-refractivity contribution in [2.24, 2.45) is 0 Å². The molecule has 0 atom stereocenters. The first-order valence-corrected chi connectivity index (χ1v) is 4.04. The third kappa shape index (κ3) is 3.99. The fraction of sp³-hybridized carbons (Fsp3) is 0.111. The van der Waals surface area contributed by atoms with Crippen molar-refractivity contribution in [3.05, 3.63) is 24.3 Å². The highest BCUT2D eigenvalue weighted by Gasteiger charge is 2.06. The van der Waals surface area contributed by atoms with Crippen LogP contribution < -0.4 is 10.1 Å². The van der Waals surface area contributed by atoms with E-state index in [1.807, 2.05) is 5.32 Å². The highest BCUT2D eigenvalue weighted by molar-refractivity contribution is 5.77. The summed E-state index contributed by atoms with van der Waals surface area (Å²) in [7, 11) is 0. The van der Waals surface area contributed by atoms with Gasteiger partial charge < -0.3 is 20.3 Å². The van der Waals surface area contributed by atoms with Crippen LogP contribution in [0.1, 0.15) is 0 Å². The van der Waals surface area contributed by atoms with Gasteiger partial charge in [-0.1, -0.05) is 6.07 Å². The van der Waals surface area contributed by atoms with Crippen LogP contribution in [-0.4, -0.2) is 28.8 Å². The highest BCUT2D eigenvalue weighted by Crippen LogP contribution is 2.17. The van der Waals surface area contributed by atoms with Crippen molar-refractivity contribution in [2.45, 2.75) is 0 Å². The van der Waals surface area contributed by atoms with Crippen LogP contribution in [0.2, 0.25) is 0 Å². The minimum atomic E-state index is -1.16. The number of carbonyl (C=O) groups is 2. The summed E-state index contributed by atoms with van der Waals surface area (Å²) in [6.45, 7) is -0.516. The van der Waals surface area contributed by atoms with Crippen molar-refractivity contribution >= 4 is 12.1 Å². The summed E-state index contributed by atoms with van der Waals surface area (Å²) in [6, 6.07) is 5.61. The van der Waals surface area contributed by atoms with Crippen LogP contribution in [0.15, 0.2) is 24.3 Å². The molecule has 1 rings (SSSR count). The summed E-state index contributed by atoms with van der Waals surface area (Å²) >= 11 is 0. The molecule has 6 nitrogen and oxygen atoms in total. The van der Waals surface area contributed by atoms with E-state index in [1.54, 1.807) is 0 Å². The van der Waals surface area contributed by atoms with E-state index in [2.05, 4.69) is 4.74 Å². The minimum absolute atomic E-state index is 0.0430. The lowest BCUT2D eigenvalue weighted by Gasteiger charge is -2.04. The zero-order chi connectivity index (χ0) is 11.3. The standard InChI is InChI=1S/C9H9NO5/c11-6-2-1-3-7(4-6)15-9(14)10-5-8(12)13/h1-4,11H,5H2,(H,10,14)(H,12,13). The Bertz CT molecular complexity index is 377. The molecule has 1 aromatic carbocycles. The quantitative estimate of drug-likeness (QED) is 0.679. The van der Waals surface area contributed by atoms with E-state index in [9.17, 15) is 9.59 Å². The van der Waals surface area contributed by atoms with Gasteiger partial charge in [0, 0.05) is 6.07 Å². The molecule has 0 aliphatic rings. The molecule has 0 fully saturated rings. The molecule has 0 spiro atoms. The Kier molecular flexibility index (Phi) is 3.50. The van der Waals surface area contributed by atoms with E-state index >= 15 is 0 Å². The number of nitrogens with one attached hydrogen (secondary N) is 1. The molecule has 0 radical (unpaired) electrons. The lowest BCUT2D eigenvalue weighted by atomic mass is 10.3. The van der Waals surface area contributed by atoms with E-state index in [0.717, 1.165) is 0 Å². The van der Waals surface area contributed by atoms with Gasteiger partial charge in [0.2, 0.25) is 0 Å². The van der Waals surface area contributed by atoms with Crippen molar-refractivity contribution in [1.82, 2.24) is 5.32 Å². The Hall–Kier alpha value is -2.24. The van der Waals surface area contributed by atoms with Crippen molar-refractivity contribution in [1.29, 1.82) is 0 Å². The number of hydrogen-bond donors (Lipinski definition) is 3. The van der Waals surface area contributed by atoms with Gasteiger partial charge in [-0.25, -0.2) is 4.79 Å². The molecular formula is C9H9NO5. The molecule has 0 saturated heterocycles. The molecule has 0 unspecified atom stereocenters. The van der Waals surface area contributed by atoms with Gasteiger partial charge >= 0.3 is 12.1 Å². The SMILES string of the molecule is O=C(O)CNC(=O)Oc1cccc(O)c1. The monoisotopic (exact) mass is 211 g/mol. The largest absolute Gasteiger partial charge is 0.508 e. The molecule has 0 bridgehead atoms. The number of amides is 1. The normalized spacial score (nSPS) is 9.33. The van der Waals surface area contributed by atoms with E-state index < -0.39 is 18.6 Å². The summed E-state index contributed by atoms with van der Waals surface area (Å²) in [5, 5.41) is 19.3. The maximum absolute atomic E-state index is 10.9. The van der Waals surface area contributed by atoms with Crippen LogP contribution in [0.25, 0.3) is 0 Å². The second kappa shape index (κ2) is 4.85. The molecule has 1 amide bonds. The van der Waals surface area contributed by atoms with Crippen LogP contribution in [0.3, 0.4) is 0 Å². The number of phenols is 1. The molecule has 15 heavy (non-hydrogen) atoms. The van der Waals surface area contributed by atoms with Gasteiger partial charge in [0.15, 0.2) is 0 Å². The highest BCUT2D eigenvalue weighted by atomic mass is 16.6. The number of benzene rings is 1. The van der Waals surface area contributed by atoms with Crippen LogP contribution in [0.4, 0.5) is 4.79 Å². The Morgan fingerprint density at radius 2 is 2.13 bits per heavy atom. The molecule has 80 valence electrons. The third-order valence-corrected chi connectivity index (χ3v) is 1.41. The van der Waals surface area contributed by atoms with Crippen LogP contribution in [0, 0.1) is 0 Å². The van der Waals surface area contributed by atoms with Crippen molar-refractivity contribution in [3.63, 3.8) is 0 Å². The van der Waals surface area contributed by atoms with E-state index in [4.69, 9.17) is 10.2 Å². The average Bonchev–Trinajstić information content (AvgIpc) is 2.15. The molecule has 3 N–H and O–H groups in total. The number of ether oxygens (including phenoxy) is 1. The third-order valence-electron chi connectivity index (χ3n) is 1.41. The molecule has 1 aromatic rings. The first kappa shape index (κ1) is 10.8. The predicted octanol–water partition coefficient (Wildman–Crippen LogP) is 0.565. The van der Waals surface area contributed by atoms with Gasteiger partial charge in [-0.05, 0) is 12.1 Å². The molecule has 0 aromatic heterocycles. The van der Waals surface area contributed by atoms with Crippen LogP contribution in [0.5, 0.6) is 11.5 Å². The van der Waals surface area contributed by atoms with Crippen LogP contribution in [-0.2, 0) is 4.79 Å². The molecule has 0 saturated carbocycles. The first-order valence-electron chi connectivity index (χ1n) is 4.04. The van der Waals surface area contributed by atoms with Gasteiger partial charge in [-0.2, -0.15) is 0 Å². The van der Waals surface area contributed by atoms with E-state index in [1.165, 1.54) is 24.3 Å².